The lowest BCUT2D eigenvalue weighted by molar-refractivity contribution is -0.146. The molecule has 1 fully saturated rings. The topological polar surface area (TPSA) is 124 Å². The number of nitriles is 1. The Morgan fingerprint density at radius 1 is 1.39 bits per heavy atom. The van der Waals surface area contributed by atoms with Gasteiger partial charge in [-0.2, -0.15) is 5.26 Å². The number of nitrogens with one attached hydrogen (secondary N) is 2. The summed E-state index contributed by atoms with van der Waals surface area (Å²) in [7, 11) is 0. The van der Waals surface area contributed by atoms with Crippen LogP contribution < -0.4 is 10.6 Å². The predicted octanol–water partition coefficient (Wildman–Crippen LogP) is 3.03. The van der Waals surface area contributed by atoms with Gasteiger partial charge in [-0.3, -0.25) is 14.4 Å². The van der Waals surface area contributed by atoms with Crippen LogP contribution >= 0.6 is 11.8 Å². The first-order chi connectivity index (χ1) is 15.6. The zero-order valence-electron chi connectivity index (χ0n) is 19.5. The molecule has 1 aliphatic heterocycles. The molecular weight excluding hydrogens is 442 g/mol. The second-order valence-electron chi connectivity index (χ2n) is 8.49. The minimum atomic E-state index is -1.07. The molecule has 0 aromatic carbocycles. The van der Waals surface area contributed by atoms with Gasteiger partial charge in [-0.15, -0.1) is 11.8 Å². The van der Waals surface area contributed by atoms with Crippen molar-refractivity contribution in [2.24, 2.45) is 11.3 Å². The maximum absolute atomic E-state index is 12.9. The molecule has 178 valence electrons. The summed E-state index contributed by atoms with van der Waals surface area (Å²) in [6, 6.07) is 7.26. The molecule has 1 aromatic rings. The van der Waals surface area contributed by atoms with Crippen LogP contribution in [0.15, 0.2) is 30.9 Å². The van der Waals surface area contributed by atoms with E-state index in [2.05, 4.69) is 22.2 Å². The van der Waals surface area contributed by atoms with E-state index in [-0.39, 0.29) is 18.4 Å². The van der Waals surface area contributed by atoms with Gasteiger partial charge in [0, 0.05) is 18.5 Å². The molecule has 3 unspecified atom stereocenters. The summed E-state index contributed by atoms with van der Waals surface area (Å²) in [5.41, 5.74) is -0.535. The number of hydrogen-bond acceptors (Lipinski definition) is 8. The standard InChI is InChI=1S/C23H31N5O4S/c1-6-13-32-21(30)15(14-24)20-28(7-2)19(29)16(33-20)11-12-25-17-9-8-10-18(26-17)27-22(31)23(3,4)5/h6,8-10,15-16,20H,1,7,11-13H2,2-5H3,(H2,25,26,27,31). The van der Waals surface area contributed by atoms with Gasteiger partial charge < -0.3 is 20.3 Å². The average Bonchev–Trinajstić information content (AvgIpc) is 3.07. The Labute approximate surface area is 198 Å². The van der Waals surface area contributed by atoms with Crippen molar-refractivity contribution >= 4 is 41.2 Å². The highest BCUT2D eigenvalue weighted by Gasteiger charge is 2.46. The molecule has 2 heterocycles. The molecule has 2 amide bonds. The summed E-state index contributed by atoms with van der Waals surface area (Å²) in [5.74, 6) is -0.947. The molecule has 0 bridgehead atoms. The smallest absolute Gasteiger partial charge is 0.326 e. The van der Waals surface area contributed by atoms with Crippen LogP contribution in [0.25, 0.3) is 0 Å². The highest BCUT2D eigenvalue weighted by molar-refractivity contribution is 8.01. The van der Waals surface area contributed by atoms with E-state index in [1.165, 1.54) is 17.8 Å². The number of carbonyl (C=O) groups is 3. The summed E-state index contributed by atoms with van der Waals surface area (Å²) in [6.45, 7) is 11.6. The monoisotopic (exact) mass is 473 g/mol. The van der Waals surface area contributed by atoms with E-state index in [4.69, 9.17) is 4.74 Å². The van der Waals surface area contributed by atoms with Crippen LogP contribution in [0, 0.1) is 22.7 Å². The number of thioether (sulfide) groups is 1. The highest BCUT2D eigenvalue weighted by Crippen LogP contribution is 2.38. The van der Waals surface area contributed by atoms with Crippen LogP contribution in [0.3, 0.4) is 0 Å². The van der Waals surface area contributed by atoms with E-state index in [0.717, 1.165) is 0 Å². The number of hydrogen-bond donors (Lipinski definition) is 2. The molecule has 10 heteroatoms. The molecule has 1 saturated heterocycles. The van der Waals surface area contributed by atoms with E-state index < -0.39 is 27.9 Å². The second-order valence-corrected chi connectivity index (χ2v) is 9.82. The minimum Gasteiger partial charge on any atom is -0.460 e. The largest absolute Gasteiger partial charge is 0.460 e. The molecule has 2 rings (SSSR count). The van der Waals surface area contributed by atoms with Crippen molar-refractivity contribution in [1.82, 2.24) is 9.88 Å². The third-order valence-corrected chi connectivity index (χ3v) is 6.49. The number of ether oxygens (including phenoxy) is 1. The van der Waals surface area contributed by atoms with Crippen molar-refractivity contribution in [2.75, 3.05) is 30.3 Å². The van der Waals surface area contributed by atoms with Gasteiger partial charge in [0.05, 0.1) is 11.3 Å². The van der Waals surface area contributed by atoms with Gasteiger partial charge in [0.25, 0.3) is 0 Å². The van der Waals surface area contributed by atoms with Gasteiger partial charge in [0.15, 0.2) is 5.92 Å². The van der Waals surface area contributed by atoms with Gasteiger partial charge in [0.1, 0.15) is 23.6 Å². The zero-order valence-corrected chi connectivity index (χ0v) is 20.3. The van der Waals surface area contributed by atoms with Crippen molar-refractivity contribution in [3.05, 3.63) is 30.9 Å². The predicted molar refractivity (Wildman–Crippen MR) is 128 cm³/mol. The van der Waals surface area contributed by atoms with Crippen molar-refractivity contribution < 1.29 is 19.1 Å². The number of aromatic nitrogens is 1. The van der Waals surface area contributed by atoms with Crippen LogP contribution in [0.5, 0.6) is 0 Å². The van der Waals surface area contributed by atoms with Crippen molar-refractivity contribution in [3.63, 3.8) is 0 Å². The fourth-order valence-electron chi connectivity index (χ4n) is 3.10. The van der Waals surface area contributed by atoms with Crippen molar-refractivity contribution in [3.8, 4) is 6.07 Å². The molecule has 33 heavy (non-hydrogen) atoms. The molecule has 0 radical (unpaired) electrons. The van der Waals surface area contributed by atoms with Crippen LogP contribution in [0.1, 0.15) is 34.1 Å². The Kier molecular flexibility index (Phi) is 9.29. The summed E-state index contributed by atoms with van der Waals surface area (Å²) in [6.07, 6.45) is 1.92. The third-order valence-electron chi connectivity index (χ3n) is 4.92. The Morgan fingerprint density at radius 2 is 2.09 bits per heavy atom. The highest BCUT2D eigenvalue weighted by atomic mass is 32.2. The Bertz CT molecular complexity index is 924. The quantitative estimate of drug-likeness (QED) is 0.392. The molecule has 0 saturated carbocycles. The van der Waals surface area contributed by atoms with Crippen LogP contribution in [0.2, 0.25) is 0 Å². The molecule has 1 aromatic heterocycles. The fraction of sp³-hybridized carbons (Fsp3) is 0.522. The van der Waals surface area contributed by atoms with Crippen molar-refractivity contribution in [2.45, 2.75) is 44.7 Å². The SMILES string of the molecule is C=CCOC(=O)C(C#N)C1SC(CCNc2cccc(NC(=O)C(C)(C)C)n2)C(=O)N1CC. The number of carbonyl (C=O) groups excluding carboxylic acids is 3. The second kappa shape index (κ2) is 11.7. The van der Waals surface area contributed by atoms with Gasteiger partial charge in [-0.25, -0.2) is 4.98 Å². The lowest BCUT2D eigenvalue weighted by atomic mass is 9.96. The molecule has 1 aliphatic rings. The maximum atomic E-state index is 12.9. The molecule has 0 spiro atoms. The minimum absolute atomic E-state index is 0.0179. The first-order valence-corrected chi connectivity index (χ1v) is 11.7. The zero-order chi connectivity index (χ0) is 24.6. The Hall–Kier alpha value is -3.06. The Balaban J connectivity index is 1.98. The number of nitrogens with zero attached hydrogens (tertiary/aromatic N) is 3. The van der Waals surface area contributed by atoms with Gasteiger partial charge in [-0.05, 0) is 25.5 Å². The van der Waals surface area contributed by atoms with Crippen LogP contribution in [-0.4, -0.2) is 58.0 Å². The van der Waals surface area contributed by atoms with Crippen LogP contribution in [0.4, 0.5) is 11.6 Å². The normalized spacial score (nSPS) is 18.9. The van der Waals surface area contributed by atoms with Gasteiger partial charge in [0.2, 0.25) is 11.8 Å². The first-order valence-electron chi connectivity index (χ1n) is 10.8. The number of anilines is 2. The van der Waals surface area contributed by atoms with Gasteiger partial charge in [-0.1, -0.05) is 39.5 Å². The number of esters is 1. The van der Waals surface area contributed by atoms with E-state index in [0.29, 0.717) is 31.1 Å². The van der Waals surface area contributed by atoms with Gasteiger partial charge >= 0.3 is 5.97 Å². The summed E-state index contributed by atoms with van der Waals surface area (Å²) in [4.78, 5) is 43.2. The molecule has 0 aliphatic carbocycles. The van der Waals surface area contributed by atoms with E-state index >= 15 is 0 Å². The van der Waals surface area contributed by atoms with Crippen LogP contribution in [-0.2, 0) is 19.1 Å². The summed E-state index contributed by atoms with van der Waals surface area (Å²) < 4.78 is 5.04. The molecular formula is C23H31N5O4S. The summed E-state index contributed by atoms with van der Waals surface area (Å²) >= 11 is 1.31. The number of amides is 2. The molecule has 2 N–H and O–H groups in total. The molecule has 9 nitrogen and oxygen atoms in total. The third kappa shape index (κ3) is 6.96. The lowest BCUT2D eigenvalue weighted by Crippen LogP contribution is -2.41. The summed E-state index contributed by atoms with van der Waals surface area (Å²) in [5, 5.41) is 14.5. The van der Waals surface area contributed by atoms with E-state index in [1.807, 2.05) is 33.8 Å². The van der Waals surface area contributed by atoms with E-state index in [9.17, 15) is 19.6 Å². The van der Waals surface area contributed by atoms with Crippen molar-refractivity contribution in [1.29, 1.82) is 5.26 Å². The number of pyridine rings is 1. The first kappa shape index (κ1) is 26.2. The van der Waals surface area contributed by atoms with E-state index in [1.54, 1.807) is 23.1 Å². The number of rotatable bonds is 10. The molecule has 3 atom stereocenters. The lowest BCUT2D eigenvalue weighted by Gasteiger charge is -2.24. The fourth-order valence-corrected chi connectivity index (χ4v) is 4.67. The maximum Gasteiger partial charge on any atom is 0.326 e. The Morgan fingerprint density at radius 3 is 2.70 bits per heavy atom. The average molecular weight is 474 g/mol.